The van der Waals surface area contributed by atoms with Crippen LogP contribution < -0.4 is 0 Å². The summed E-state index contributed by atoms with van der Waals surface area (Å²) in [5.41, 5.74) is 6.34. The number of hydrogen-bond donors (Lipinski definition) is 2. The van der Waals surface area contributed by atoms with E-state index in [-0.39, 0.29) is 11.6 Å². The van der Waals surface area contributed by atoms with Crippen molar-refractivity contribution >= 4 is 10.9 Å². The van der Waals surface area contributed by atoms with Crippen LogP contribution >= 0.6 is 0 Å². The summed E-state index contributed by atoms with van der Waals surface area (Å²) in [6.45, 7) is 5.05. The molecule has 1 aliphatic rings. The van der Waals surface area contributed by atoms with Crippen LogP contribution in [0.4, 0.5) is 8.78 Å². The van der Waals surface area contributed by atoms with Crippen molar-refractivity contribution in [3.63, 3.8) is 0 Å². The molecule has 0 atom stereocenters. The number of benzene rings is 2. The number of aromatic nitrogens is 3. The van der Waals surface area contributed by atoms with Crippen LogP contribution in [0.3, 0.4) is 0 Å². The number of aromatic amines is 2. The Morgan fingerprint density at radius 3 is 2.55 bits per heavy atom. The van der Waals surface area contributed by atoms with Gasteiger partial charge >= 0.3 is 0 Å². The van der Waals surface area contributed by atoms with Gasteiger partial charge in [0.1, 0.15) is 11.6 Å². The molecule has 1 aliphatic heterocycles. The molecule has 0 spiro atoms. The first-order valence-electron chi connectivity index (χ1n) is 10.9. The standard InChI is InChI=1S/C25H26F2N4/c1-16-21(25(30-29-16)18-2-4-19(26)5-3-18)10-13-31-11-8-17(9-12-31)23-15-28-24-7-6-20(27)14-22(23)24/h2-7,14-15,17,28H,8-13H2,1H3,(H,29,30). The maximum atomic E-state index is 13.7. The van der Waals surface area contributed by atoms with Crippen molar-refractivity contribution in [2.45, 2.75) is 32.1 Å². The van der Waals surface area contributed by atoms with Gasteiger partial charge in [0.05, 0.1) is 5.69 Å². The first kappa shape index (κ1) is 19.9. The van der Waals surface area contributed by atoms with E-state index in [2.05, 4.69) is 20.1 Å². The van der Waals surface area contributed by atoms with E-state index in [9.17, 15) is 8.78 Å². The van der Waals surface area contributed by atoms with Gasteiger partial charge in [-0.3, -0.25) is 5.10 Å². The van der Waals surface area contributed by atoms with Crippen LogP contribution in [-0.4, -0.2) is 39.7 Å². The lowest BCUT2D eigenvalue weighted by Crippen LogP contribution is -2.34. The SMILES string of the molecule is Cc1[nH]nc(-c2ccc(F)cc2)c1CCN1CCC(c2c[nH]c3ccc(F)cc23)CC1. The van der Waals surface area contributed by atoms with E-state index in [0.29, 0.717) is 5.92 Å². The lowest BCUT2D eigenvalue weighted by atomic mass is 9.89. The summed E-state index contributed by atoms with van der Waals surface area (Å²) in [5, 5.41) is 8.56. The summed E-state index contributed by atoms with van der Waals surface area (Å²) >= 11 is 0. The predicted octanol–water partition coefficient (Wildman–Crippen LogP) is 5.57. The van der Waals surface area contributed by atoms with Gasteiger partial charge in [-0.05, 0) is 93.2 Å². The summed E-state index contributed by atoms with van der Waals surface area (Å²) < 4.78 is 27.0. The van der Waals surface area contributed by atoms with Gasteiger partial charge in [0.25, 0.3) is 0 Å². The van der Waals surface area contributed by atoms with E-state index in [1.807, 2.05) is 19.2 Å². The lowest BCUT2D eigenvalue weighted by molar-refractivity contribution is 0.215. The molecule has 0 aliphatic carbocycles. The largest absolute Gasteiger partial charge is 0.361 e. The Hall–Kier alpha value is -2.99. The van der Waals surface area contributed by atoms with Crippen LogP contribution in [0.15, 0.2) is 48.7 Å². The molecule has 4 aromatic rings. The molecule has 0 saturated carbocycles. The molecular formula is C25H26F2N4. The Morgan fingerprint density at radius 1 is 1.03 bits per heavy atom. The molecule has 2 aromatic carbocycles. The number of likely N-dealkylation sites (tertiary alicyclic amines) is 1. The van der Waals surface area contributed by atoms with Crippen LogP contribution in [-0.2, 0) is 6.42 Å². The van der Waals surface area contributed by atoms with Crippen LogP contribution in [0.2, 0.25) is 0 Å². The Morgan fingerprint density at radius 2 is 1.77 bits per heavy atom. The zero-order valence-electron chi connectivity index (χ0n) is 17.6. The molecule has 1 saturated heterocycles. The van der Waals surface area contributed by atoms with Gasteiger partial charge in [-0.2, -0.15) is 5.10 Å². The average Bonchev–Trinajstić information content (AvgIpc) is 3.36. The number of H-pyrrole nitrogens is 2. The summed E-state index contributed by atoms with van der Waals surface area (Å²) in [5.74, 6) is 0.0360. The van der Waals surface area contributed by atoms with E-state index >= 15 is 0 Å². The van der Waals surface area contributed by atoms with Gasteiger partial charge in [-0.1, -0.05) is 0 Å². The topological polar surface area (TPSA) is 47.7 Å². The Labute approximate surface area is 180 Å². The van der Waals surface area contributed by atoms with Gasteiger partial charge in [0, 0.05) is 40.5 Å². The minimum Gasteiger partial charge on any atom is -0.361 e. The Kier molecular flexibility index (Phi) is 5.32. The zero-order valence-corrected chi connectivity index (χ0v) is 17.6. The second kappa shape index (κ2) is 8.27. The number of nitrogens with zero attached hydrogens (tertiary/aromatic N) is 2. The number of hydrogen-bond acceptors (Lipinski definition) is 2. The minimum absolute atomic E-state index is 0.182. The fourth-order valence-corrected chi connectivity index (χ4v) is 4.79. The molecule has 1 fully saturated rings. The molecule has 0 radical (unpaired) electrons. The number of aryl methyl sites for hydroxylation is 1. The van der Waals surface area contributed by atoms with E-state index in [0.717, 1.165) is 66.8 Å². The Bertz CT molecular complexity index is 1180. The monoisotopic (exact) mass is 420 g/mol. The van der Waals surface area contributed by atoms with Gasteiger partial charge in [-0.25, -0.2) is 8.78 Å². The molecule has 4 nitrogen and oxygen atoms in total. The smallest absolute Gasteiger partial charge is 0.123 e. The molecule has 5 rings (SSSR count). The van der Waals surface area contributed by atoms with Crippen molar-refractivity contribution in [1.82, 2.24) is 20.1 Å². The molecule has 160 valence electrons. The number of fused-ring (bicyclic) bond motifs is 1. The van der Waals surface area contributed by atoms with Crippen molar-refractivity contribution < 1.29 is 8.78 Å². The highest BCUT2D eigenvalue weighted by molar-refractivity contribution is 5.83. The van der Waals surface area contributed by atoms with E-state index in [1.165, 1.54) is 29.3 Å². The zero-order chi connectivity index (χ0) is 21.4. The highest BCUT2D eigenvalue weighted by Crippen LogP contribution is 2.34. The van der Waals surface area contributed by atoms with Crippen LogP contribution in [0.25, 0.3) is 22.2 Å². The molecular weight excluding hydrogens is 394 g/mol. The normalized spacial score (nSPS) is 15.7. The predicted molar refractivity (Wildman–Crippen MR) is 119 cm³/mol. The first-order valence-corrected chi connectivity index (χ1v) is 10.9. The first-order chi connectivity index (χ1) is 15.1. The van der Waals surface area contributed by atoms with Crippen LogP contribution in [0.1, 0.15) is 35.6 Å². The molecule has 2 N–H and O–H groups in total. The summed E-state index contributed by atoms with van der Waals surface area (Å²) in [6, 6.07) is 11.5. The quantitative estimate of drug-likeness (QED) is 0.444. The third kappa shape index (κ3) is 4.00. The summed E-state index contributed by atoms with van der Waals surface area (Å²) in [4.78, 5) is 5.78. The maximum Gasteiger partial charge on any atom is 0.123 e. The van der Waals surface area contributed by atoms with E-state index < -0.39 is 0 Å². The van der Waals surface area contributed by atoms with Crippen molar-refractivity contribution in [3.05, 3.63) is 77.1 Å². The van der Waals surface area contributed by atoms with Gasteiger partial charge < -0.3 is 9.88 Å². The third-order valence-corrected chi connectivity index (χ3v) is 6.57. The molecule has 3 heterocycles. The average molecular weight is 421 g/mol. The van der Waals surface area contributed by atoms with Crippen molar-refractivity contribution in [2.24, 2.45) is 0 Å². The number of halogens is 2. The minimum atomic E-state index is -0.238. The fourth-order valence-electron chi connectivity index (χ4n) is 4.79. The molecule has 0 amide bonds. The highest BCUT2D eigenvalue weighted by atomic mass is 19.1. The fraction of sp³-hybridized carbons (Fsp3) is 0.320. The van der Waals surface area contributed by atoms with Gasteiger partial charge in [0.2, 0.25) is 0 Å². The third-order valence-electron chi connectivity index (χ3n) is 6.57. The second-order valence-corrected chi connectivity index (χ2v) is 8.48. The molecule has 6 heteroatoms. The van der Waals surface area contributed by atoms with Gasteiger partial charge in [0.15, 0.2) is 0 Å². The molecule has 31 heavy (non-hydrogen) atoms. The Balaban J connectivity index is 1.23. The van der Waals surface area contributed by atoms with Crippen LogP contribution in [0.5, 0.6) is 0 Å². The summed E-state index contributed by atoms with van der Waals surface area (Å²) in [7, 11) is 0. The second-order valence-electron chi connectivity index (χ2n) is 8.48. The van der Waals surface area contributed by atoms with Gasteiger partial charge in [-0.15, -0.1) is 0 Å². The van der Waals surface area contributed by atoms with E-state index in [4.69, 9.17) is 0 Å². The lowest BCUT2D eigenvalue weighted by Gasteiger charge is -2.32. The van der Waals surface area contributed by atoms with Crippen molar-refractivity contribution in [3.8, 4) is 11.3 Å². The number of nitrogens with one attached hydrogen (secondary N) is 2. The molecule has 0 bridgehead atoms. The highest BCUT2D eigenvalue weighted by Gasteiger charge is 2.23. The van der Waals surface area contributed by atoms with Crippen molar-refractivity contribution in [1.29, 1.82) is 0 Å². The maximum absolute atomic E-state index is 13.7. The molecule has 2 aromatic heterocycles. The summed E-state index contributed by atoms with van der Waals surface area (Å²) in [6.07, 6.45) is 5.09. The van der Waals surface area contributed by atoms with E-state index in [1.54, 1.807) is 18.2 Å². The number of piperidine rings is 1. The van der Waals surface area contributed by atoms with Crippen molar-refractivity contribution in [2.75, 3.05) is 19.6 Å². The molecule has 0 unspecified atom stereocenters. The van der Waals surface area contributed by atoms with Crippen LogP contribution in [0, 0.1) is 18.6 Å². The number of rotatable bonds is 5.